The fourth-order valence-electron chi connectivity index (χ4n) is 8.28. The van der Waals surface area contributed by atoms with Crippen LogP contribution in [0.2, 0.25) is 0 Å². The van der Waals surface area contributed by atoms with Gasteiger partial charge in [-0.1, -0.05) is 91.0 Å². The van der Waals surface area contributed by atoms with Gasteiger partial charge in [-0.15, -0.1) is 0 Å². The molecule has 5 aromatic carbocycles. The van der Waals surface area contributed by atoms with Gasteiger partial charge in [-0.3, -0.25) is 14.5 Å². The highest BCUT2D eigenvalue weighted by Gasteiger charge is 2.35. The lowest BCUT2D eigenvalue weighted by molar-refractivity contribution is -0.145. The van der Waals surface area contributed by atoms with Crippen LogP contribution in [-0.4, -0.2) is 89.9 Å². The van der Waals surface area contributed by atoms with Gasteiger partial charge in [0, 0.05) is 106 Å². The first kappa shape index (κ1) is 40.4. The molecule has 0 unspecified atom stereocenters. The lowest BCUT2D eigenvalue weighted by Gasteiger charge is -2.39. The van der Waals surface area contributed by atoms with Crippen molar-refractivity contribution in [1.29, 1.82) is 0 Å². The van der Waals surface area contributed by atoms with Crippen molar-refractivity contribution < 1.29 is 22.8 Å². The summed E-state index contributed by atoms with van der Waals surface area (Å²) in [6.45, 7) is 6.92. The average molecular weight is 811 g/mol. The molecule has 2 aliphatic heterocycles. The molecule has 11 heteroatoms. The van der Waals surface area contributed by atoms with Crippen LogP contribution in [0.3, 0.4) is 0 Å². The minimum atomic E-state index is -4.47. The molecule has 1 aromatic heterocycles. The number of nitrogens with one attached hydrogen (secondary N) is 1. The number of para-hydroxylation sites is 2. The summed E-state index contributed by atoms with van der Waals surface area (Å²) in [5, 5.41) is 0.979. The average Bonchev–Trinajstić information content (AvgIpc) is 3.70. The van der Waals surface area contributed by atoms with E-state index in [0.717, 1.165) is 72.6 Å². The summed E-state index contributed by atoms with van der Waals surface area (Å²) in [4.78, 5) is 43.4. The Morgan fingerprint density at radius 1 is 0.667 bits per heavy atom. The molecular weight excluding hydrogens is 762 g/mol. The van der Waals surface area contributed by atoms with Crippen molar-refractivity contribution in [3.05, 3.63) is 174 Å². The molecule has 1 atom stereocenters. The maximum atomic E-state index is 14.9. The number of aromatic nitrogens is 1. The standard InChI is InChI=1S/C49H49F3N6O2/c50-49(51,52)41-20-15-37(16-21-41)19-24-47(59)58(36-39-17-22-43(23-18-39)56-31-29-55(30-32-56)42-11-5-2-6-12-42)46(33-40-34-53-45-14-8-7-13-44(40)45)48(60)57-27-25-54(26-28-57)35-38-9-3-1-4-10-38/h1-24,34,46,53H,25-33,35-36H2/b24-19+/t46-/m0/s1. The van der Waals surface area contributed by atoms with Crippen LogP contribution in [0.4, 0.5) is 24.5 Å². The zero-order chi connectivity index (χ0) is 41.5. The Bertz CT molecular complexity index is 2370. The number of hydrogen-bond acceptors (Lipinski definition) is 5. The summed E-state index contributed by atoms with van der Waals surface area (Å²) in [6, 6.07) is 40.7. The first-order valence-corrected chi connectivity index (χ1v) is 20.6. The molecule has 2 amide bonds. The topological polar surface area (TPSA) is 66.1 Å². The number of H-pyrrole nitrogens is 1. The second-order valence-corrected chi connectivity index (χ2v) is 15.6. The summed E-state index contributed by atoms with van der Waals surface area (Å²) in [6.07, 6.45) is 0.607. The molecule has 60 heavy (non-hydrogen) atoms. The van der Waals surface area contributed by atoms with Crippen molar-refractivity contribution in [3.8, 4) is 0 Å². The van der Waals surface area contributed by atoms with Crippen LogP contribution >= 0.6 is 0 Å². The molecule has 6 aromatic rings. The number of anilines is 2. The van der Waals surface area contributed by atoms with Gasteiger partial charge in [-0.05, 0) is 70.8 Å². The smallest absolute Gasteiger partial charge is 0.368 e. The van der Waals surface area contributed by atoms with Gasteiger partial charge >= 0.3 is 6.18 Å². The van der Waals surface area contributed by atoms with Crippen molar-refractivity contribution in [1.82, 2.24) is 19.7 Å². The predicted molar refractivity (Wildman–Crippen MR) is 232 cm³/mol. The minimum Gasteiger partial charge on any atom is -0.368 e. The zero-order valence-corrected chi connectivity index (χ0v) is 33.5. The highest BCUT2D eigenvalue weighted by Crippen LogP contribution is 2.30. The second kappa shape index (κ2) is 18.3. The van der Waals surface area contributed by atoms with E-state index in [1.807, 2.05) is 71.8 Å². The molecule has 0 bridgehead atoms. The van der Waals surface area contributed by atoms with E-state index in [1.54, 1.807) is 4.90 Å². The largest absolute Gasteiger partial charge is 0.416 e. The fraction of sp³-hybridized carbons (Fsp3) is 0.265. The Morgan fingerprint density at radius 2 is 1.27 bits per heavy atom. The maximum Gasteiger partial charge on any atom is 0.416 e. The van der Waals surface area contributed by atoms with E-state index in [4.69, 9.17) is 0 Å². The lowest BCUT2D eigenvalue weighted by atomic mass is 10.0. The van der Waals surface area contributed by atoms with Crippen molar-refractivity contribution in [2.24, 2.45) is 0 Å². The molecule has 3 heterocycles. The SMILES string of the molecule is O=C([C@H](Cc1c[nH]c2ccccc12)N(Cc1ccc(N2CCN(c3ccccc3)CC2)cc1)C(=O)/C=C/c1ccc(C(F)(F)F)cc1)N1CCN(Cc2ccccc2)CC1. The maximum absolute atomic E-state index is 14.9. The first-order chi connectivity index (χ1) is 29.2. The molecule has 308 valence electrons. The van der Waals surface area contributed by atoms with Gasteiger partial charge in [0.15, 0.2) is 0 Å². The van der Waals surface area contributed by atoms with Crippen molar-refractivity contribution >= 4 is 40.2 Å². The Hall–Kier alpha value is -6.33. The van der Waals surface area contributed by atoms with Crippen LogP contribution in [0.1, 0.15) is 27.8 Å². The molecule has 0 saturated carbocycles. The normalized spacial score (nSPS) is 15.8. The Labute approximate surface area is 349 Å². The number of amides is 2. The van der Waals surface area contributed by atoms with Crippen LogP contribution in [0.5, 0.6) is 0 Å². The number of nitrogens with zero attached hydrogens (tertiary/aromatic N) is 5. The summed E-state index contributed by atoms with van der Waals surface area (Å²) in [5.41, 5.74) is 5.93. The third-order valence-electron chi connectivity index (χ3n) is 11.7. The zero-order valence-electron chi connectivity index (χ0n) is 33.5. The van der Waals surface area contributed by atoms with Gasteiger partial charge in [0.25, 0.3) is 0 Å². The lowest BCUT2D eigenvalue weighted by Crippen LogP contribution is -2.56. The number of piperazine rings is 2. The molecule has 2 aliphatic rings. The van der Waals surface area contributed by atoms with Crippen LogP contribution in [0, 0.1) is 0 Å². The van der Waals surface area contributed by atoms with Gasteiger partial charge < -0.3 is 24.6 Å². The van der Waals surface area contributed by atoms with Crippen molar-refractivity contribution in [2.75, 3.05) is 62.2 Å². The van der Waals surface area contributed by atoms with E-state index in [2.05, 4.69) is 68.2 Å². The van der Waals surface area contributed by atoms with Crippen molar-refractivity contribution in [3.63, 3.8) is 0 Å². The summed E-state index contributed by atoms with van der Waals surface area (Å²) < 4.78 is 40.0. The first-order valence-electron chi connectivity index (χ1n) is 20.6. The van der Waals surface area contributed by atoms with Crippen LogP contribution in [-0.2, 0) is 35.3 Å². The fourth-order valence-corrected chi connectivity index (χ4v) is 8.28. The van der Waals surface area contributed by atoms with Gasteiger partial charge in [-0.2, -0.15) is 13.2 Å². The summed E-state index contributed by atoms with van der Waals surface area (Å²) in [7, 11) is 0. The van der Waals surface area contributed by atoms with Crippen molar-refractivity contribution in [2.45, 2.75) is 31.7 Å². The minimum absolute atomic E-state index is 0.135. The Morgan fingerprint density at radius 3 is 1.92 bits per heavy atom. The van der Waals surface area contributed by atoms with Gasteiger partial charge in [0.05, 0.1) is 5.56 Å². The number of benzene rings is 5. The van der Waals surface area contributed by atoms with Gasteiger partial charge in [-0.25, -0.2) is 0 Å². The number of aromatic amines is 1. The molecule has 0 radical (unpaired) electrons. The molecule has 2 saturated heterocycles. The molecule has 0 spiro atoms. The third kappa shape index (κ3) is 9.75. The predicted octanol–water partition coefficient (Wildman–Crippen LogP) is 8.51. The highest BCUT2D eigenvalue weighted by molar-refractivity contribution is 5.96. The van der Waals surface area contributed by atoms with Crippen LogP contribution in [0.25, 0.3) is 17.0 Å². The molecule has 8 nitrogen and oxygen atoms in total. The monoisotopic (exact) mass is 810 g/mol. The van der Waals surface area contributed by atoms with Crippen LogP contribution < -0.4 is 9.80 Å². The summed E-state index contributed by atoms with van der Waals surface area (Å²) in [5.74, 6) is -0.541. The Kier molecular flexibility index (Phi) is 12.3. The molecule has 1 N–H and O–H groups in total. The van der Waals surface area contributed by atoms with Crippen LogP contribution in [0.15, 0.2) is 146 Å². The van der Waals surface area contributed by atoms with E-state index in [1.165, 1.54) is 35.5 Å². The number of alkyl halides is 3. The number of carbonyl (C=O) groups excluding carboxylic acids is 2. The highest BCUT2D eigenvalue weighted by atomic mass is 19.4. The number of hydrogen-bond donors (Lipinski definition) is 1. The summed E-state index contributed by atoms with van der Waals surface area (Å²) >= 11 is 0. The number of fused-ring (bicyclic) bond motifs is 1. The molecule has 2 fully saturated rings. The molecule has 0 aliphatic carbocycles. The molecular formula is C49H49F3N6O2. The quantitative estimate of drug-likeness (QED) is 0.126. The van der Waals surface area contributed by atoms with E-state index in [0.29, 0.717) is 31.7 Å². The van der Waals surface area contributed by atoms with E-state index < -0.39 is 23.7 Å². The number of halogens is 3. The third-order valence-corrected chi connectivity index (χ3v) is 11.7. The molecule has 8 rings (SSSR count). The Balaban J connectivity index is 1.06. The van der Waals surface area contributed by atoms with Gasteiger partial charge in [0.1, 0.15) is 6.04 Å². The number of carbonyl (C=O) groups is 2. The van der Waals surface area contributed by atoms with Gasteiger partial charge in [0.2, 0.25) is 11.8 Å². The van der Waals surface area contributed by atoms with E-state index in [-0.39, 0.29) is 18.9 Å². The second-order valence-electron chi connectivity index (χ2n) is 15.6. The number of rotatable bonds is 12. The van der Waals surface area contributed by atoms with E-state index in [9.17, 15) is 22.8 Å². The van der Waals surface area contributed by atoms with E-state index >= 15 is 0 Å².